The molecule has 7 heteroatoms. The Kier molecular flexibility index (Phi) is 2.53. The highest BCUT2D eigenvalue weighted by Crippen LogP contribution is 2.22. The van der Waals surface area contributed by atoms with E-state index in [1.54, 1.807) is 25.0 Å². The molecule has 84 valence electrons. The summed E-state index contributed by atoms with van der Waals surface area (Å²) in [6.07, 6.45) is 1.61. The summed E-state index contributed by atoms with van der Waals surface area (Å²) in [7, 11) is 0.0367. The second kappa shape index (κ2) is 3.58. The molecule has 0 amide bonds. The zero-order chi connectivity index (χ0) is 11.1. The summed E-state index contributed by atoms with van der Waals surface area (Å²) in [5, 5.41) is 7.34. The van der Waals surface area contributed by atoms with Crippen molar-refractivity contribution in [2.45, 2.75) is 18.1 Å². The van der Waals surface area contributed by atoms with E-state index in [0.717, 1.165) is 5.56 Å². The van der Waals surface area contributed by atoms with Crippen molar-refractivity contribution >= 4 is 10.0 Å². The summed E-state index contributed by atoms with van der Waals surface area (Å²) < 4.78 is 26.9. The molecule has 0 aliphatic carbocycles. The Balaban J connectivity index is 2.55. The van der Waals surface area contributed by atoms with Crippen molar-refractivity contribution in [2.75, 3.05) is 20.6 Å². The maximum Gasteiger partial charge on any atom is 0.260 e. The van der Waals surface area contributed by atoms with E-state index in [2.05, 4.69) is 10.4 Å². The maximum absolute atomic E-state index is 12.0. The van der Waals surface area contributed by atoms with Crippen molar-refractivity contribution in [3.63, 3.8) is 0 Å². The van der Waals surface area contributed by atoms with Gasteiger partial charge in [0.15, 0.2) is 5.03 Å². The van der Waals surface area contributed by atoms with E-state index < -0.39 is 10.0 Å². The zero-order valence-electron chi connectivity index (χ0n) is 8.77. The molecule has 0 fully saturated rings. The lowest BCUT2D eigenvalue weighted by atomic mass is 10.3. The van der Waals surface area contributed by atoms with E-state index in [-0.39, 0.29) is 0 Å². The minimum Gasteiger partial charge on any atom is -0.316 e. The predicted molar refractivity (Wildman–Crippen MR) is 54.8 cm³/mol. The molecule has 0 unspecified atom stereocenters. The van der Waals surface area contributed by atoms with Gasteiger partial charge in [-0.15, -0.1) is 0 Å². The largest absolute Gasteiger partial charge is 0.316 e. The van der Waals surface area contributed by atoms with Crippen LogP contribution in [0.1, 0.15) is 5.56 Å². The van der Waals surface area contributed by atoms with Crippen molar-refractivity contribution in [2.24, 2.45) is 0 Å². The van der Waals surface area contributed by atoms with Crippen LogP contribution in [-0.4, -0.2) is 43.1 Å². The lowest BCUT2D eigenvalue weighted by Crippen LogP contribution is -2.37. The van der Waals surface area contributed by atoms with Crippen LogP contribution in [0.25, 0.3) is 0 Å². The van der Waals surface area contributed by atoms with Crippen molar-refractivity contribution in [3.05, 3.63) is 11.8 Å². The number of fused-ring (bicyclic) bond motifs is 1. The maximum atomic E-state index is 12.0. The van der Waals surface area contributed by atoms with Crippen LogP contribution in [0, 0.1) is 0 Å². The minimum atomic E-state index is -3.34. The van der Waals surface area contributed by atoms with Gasteiger partial charge in [-0.05, 0) is 7.05 Å². The molecule has 1 aromatic rings. The van der Waals surface area contributed by atoms with Gasteiger partial charge in [0.2, 0.25) is 0 Å². The van der Waals surface area contributed by atoms with Crippen LogP contribution in [0.15, 0.2) is 11.2 Å². The number of rotatable bonds is 2. The molecule has 0 bridgehead atoms. The number of hydrogen-bond acceptors (Lipinski definition) is 4. The van der Waals surface area contributed by atoms with Crippen LogP contribution in [0.4, 0.5) is 0 Å². The molecule has 0 saturated heterocycles. The average molecular weight is 230 g/mol. The molecule has 0 atom stereocenters. The van der Waals surface area contributed by atoms with E-state index in [1.807, 2.05) is 0 Å². The SMILES string of the molecule is CNCc1cnn2c1S(=O)(=O)N(C)CC2. The fraction of sp³-hybridized carbons (Fsp3) is 0.625. The van der Waals surface area contributed by atoms with Crippen LogP contribution >= 0.6 is 0 Å². The van der Waals surface area contributed by atoms with Crippen molar-refractivity contribution in [1.82, 2.24) is 19.4 Å². The summed E-state index contributed by atoms with van der Waals surface area (Å²) in [6.45, 7) is 1.62. The molecular formula is C8H14N4O2S. The molecule has 2 heterocycles. The second-order valence-electron chi connectivity index (χ2n) is 3.56. The number of hydrogen-bond donors (Lipinski definition) is 1. The monoisotopic (exact) mass is 230 g/mol. The van der Waals surface area contributed by atoms with Gasteiger partial charge in [0, 0.05) is 25.7 Å². The Morgan fingerprint density at radius 1 is 1.53 bits per heavy atom. The molecule has 1 aliphatic rings. The number of nitrogens with one attached hydrogen (secondary N) is 1. The smallest absolute Gasteiger partial charge is 0.260 e. The van der Waals surface area contributed by atoms with Gasteiger partial charge in [-0.1, -0.05) is 0 Å². The van der Waals surface area contributed by atoms with Crippen molar-refractivity contribution in [1.29, 1.82) is 0 Å². The summed E-state index contributed by atoms with van der Waals surface area (Å²) >= 11 is 0. The number of nitrogens with zero attached hydrogens (tertiary/aromatic N) is 3. The zero-order valence-corrected chi connectivity index (χ0v) is 9.58. The number of sulfonamides is 1. The fourth-order valence-corrected chi connectivity index (χ4v) is 3.16. The highest BCUT2D eigenvalue weighted by molar-refractivity contribution is 7.89. The molecule has 1 N–H and O–H groups in total. The standard InChI is InChI=1S/C8H14N4O2S/c1-9-5-7-6-10-12-4-3-11(2)15(13,14)8(7)12/h6,9H,3-5H2,1-2H3. The molecular weight excluding hydrogens is 216 g/mol. The van der Waals surface area contributed by atoms with Gasteiger partial charge in [-0.25, -0.2) is 8.42 Å². The van der Waals surface area contributed by atoms with Crippen LogP contribution in [0.2, 0.25) is 0 Å². The van der Waals surface area contributed by atoms with Gasteiger partial charge in [0.1, 0.15) is 0 Å². The van der Waals surface area contributed by atoms with E-state index in [0.29, 0.717) is 24.7 Å². The normalized spacial score (nSPS) is 20.1. The number of likely N-dealkylation sites (N-methyl/N-ethyl adjacent to an activating group) is 1. The summed E-state index contributed by atoms with van der Waals surface area (Å²) in [6, 6.07) is 0. The topological polar surface area (TPSA) is 67.2 Å². The lowest BCUT2D eigenvalue weighted by molar-refractivity contribution is 0.381. The summed E-state index contributed by atoms with van der Waals surface area (Å²) in [5.74, 6) is 0. The molecule has 2 rings (SSSR count). The quantitative estimate of drug-likeness (QED) is 0.725. The van der Waals surface area contributed by atoms with E-state index >= 15 is 0 Å². The second-order valence-corrected chi connectivity index (χ2v) is 5.52. The first-order valence-corrected chi connectivity index (χ1v) is 6.17. The third-order valence-corrected chi connectivity index (χ3v) is 4.48. The van der Waals surface area contributed by atoms with Gasteiger partial charge in [0.25, 0.3) is 10.0 Å². The summed E-state index contributed by atoms with van der Waals surface area (Å²) in [5.41, 5.74) is 0.726. The fourth-order valence-electron chi connectivity index (χ4n) is 1.69. The first-order chi connectivity index (χ1) is 7.07. The van der Waals surface area contributed by atoms with Crippen LogP contribution in [-0.2, 0) is 23.1 Å². The number of aromatic nitrogens is 2. The van der Waals surface area contributed by atoms with E-state index in [4.69, 9.17) is 0 Å². The first-order valence-electron chi connectivity index (χ1n) is 4.73. The Morgan fingerprint density at radius 3 is 2.93 bits per heavy atom. The molecule has 15 heavy (non-hydrogen) atoms. The van der Waals surface area contributed by atoms with Crippen molar-refractivity contribution in [3.8, 4) is 0 Å². The van der Waals surface area contributed by atoms with Crippen LogP contribution in [0.5, 0.6) is 0 Å². The van der Waals surface area contributed by atoms with Crippen LogP contribution < -0.4 is 5.32 Å². The first kappa shape index (κ1) is 10.6. The summed E-state index contributed by atoms with van der Waals surface area (Å²) in [4.78, 5) is 0. The molecule has 6 nitrogen and oxygen atoms in total. The van der Waals surface area contributed by atoms with Crippen molar-refractivity contribution < 1.29 is 8.42 Å². The third kappa shape index (κ3) is 1.56. The molecule has 0 aromatic carbocycles. The Hall–Kier alpha value is -0.920. The lowest BCUT2D eigenvalue weighted by Gasteiger charge is -2.24. The third-order valence-electron chi connectivity index (χ3n) is 2.51. The average Bonchev–Trinajstić information content (AvgIpc) is 2.57. The highest BCUT2D eigenvalue weighted by Gasteiger charge is 2.32. The Labute approximate surface area is 88.9 Å². The van der Waals surface area contributed by atoms with Gasteiger partial charge in [0.05, 0.1) is 12.7 Å². The van der Waals surface area contributed by atoms with Gasteiger partial charge in [-0.3, -0.25) is 4.68 Å². The molecule has 0 radical (unpaired) electrons. The molecule has 0 spiro atoms. The van der Waals surface area contributed by atoms with Gasteiger partial charge < -0.3 is 5.32 Å². The van der Waals surface area contributed by atoms with Crippen LogP contribution in [0.3, 0.4) is 0 Å². The predicted octanol–water partition coefficient (Wildman–Crippen LogP) is -0.763. The van der Waals surface area contributed by atoms with E-state index in [1.165, 1.54) is 4.31 Å². The minimum absolute atomic E-state index is 0.325. The molecule has 1 aliphatic heterocycles. The Morgan fingerprint density at radius 2 is 2.27 bits per heavy atom. The Bertz CT molecular complexity index is 465. The molecule has 1 aromatic heterocycles. The highest BCUT2D eigenvalue weighted by atomic mass is 32.2. The molecule has 0 saturated carbocycles. The van der Waals surface area contributed by atoms with E-state index in [9.17, 15) is 8.42 Å². The van der Waals surface area contributed by atoms with Gasteiger partial charge >= 0.3 is 0 Å². The van der Waals surface area contributed by atoms with Gasteiger partial charge in [-0.2, -0.15) is 9.40 Å².